The molecule has 20 heavy (non-hydrogen) atoms. The van der Waals surface area contributed by atoms with Crippen molar-refractivity contribution in [2.24, 2.45) is 0 Å². The van der Waals surface area contributed by atoms with Crippen LogP contribution in [0.1, 0.15) is 0 Å². The third kappa shape index (κ3) is 3.51. The number of rotatable bonds is 5. The van der Waals surface area contributed by atoms with Crippen molar-refractivity contribution in [3.05, 3.63) is 24.3 Å². The number of hydrogen-bond donors (Lipinski definition) is 1. The van der Waals surface area contributed by atoms with E-state index in [1.165, 1.54) is 11.8 Å². The molecule has 106 valence electrons. The lowest BCUT2D eigenvalue weighted by atomic mass is 10.2. The quantitative estimate of drug-likeness (QED) is 0.849. The van der Waals surface area contributed by atoms with Crippen molar-refractivity contribution in [3.8, 4) is 17.1 Å². The number of aromatic amines is 1. The zero-order valence-electron chi connectivity index (χ0n) is 11.6. The van der Waals surface area contributed by atoms with Gasteiger partial charge in [0.1, 0.15) is 5.75 Å². The van der Waals surface area contributed by atoms with Crippen LogP contribution in [0.15, 0.2) is 29.4 Å². The standard InChI is InChI=1S/C13H16N4O2S/c1-17(2)11(18)8-20-13-14-12(15-16-13)9-4-6-10(19-3)7-5-9/h4-7H,8H2,1-3H3,(H,14,15,16). The smallest absolute Gasteiger partial charge is 0.232 e. The summed E-state index contributed by atoms with van der Waals surface area (Å²) in [7, 11) is 5.08. The summed E-state index contributed by atoms with van der Waals surface area (Å²) in [6.45, 7) is 0. The van der Waals surface area contributed by atoms with Crippen molar-refractivity contribution < 1.29 is 9.53 Å². The van der Waals surface area contributed by atoms with E-state index in [0.29, 0.717) is 16.7 Å². The molecule has 2 rings (SSSR count). The SMILES string of the molecule is COc1ccc(-c2nc(SCC(=O)N(C)C)n[nH]2)cc1. The number of methoxy groups -OCH3 is 1. The summed E-state index contributed by atoms with van der Waals surface area (Å²) in [6, 6.07) is 7.53. The predicted molar refractivity (Wildman–Crippen MR) is 77.8 cm³/mol. The highest BCUT2D eigenvalue weighted by Gasteiger charge is 2.10. The maximum Gasteiger partial charge on any atom is 0.232 e. The van der Waals surface area contributed by atoms with Crippen LogP contribution < -0.4 is 4.74 Å². The first-order chi connectivity index (χ1) is 9.60. The average Bonchev–Trinajstić information content (AvgIpc) is 2.93. The zero-order chi connectivity index (χ0) is 14.5. The third-order valence-electron chi connectivity index (χ3n) is 2.65. The number of benzene rings is 1. The molecule has 2 aromatic rings. The highest BCUT2D eigenvalue weighted by molar-refractivity contribution is 7.99. The second kappa shape index (κ2) is 6.42. The van der Waals surface area contributed by atoms with Gasteiger partial charge in [0.15, 0.2) is 5.82 Å². The molecule has 7 heteroatoms. The molecule has 0 fully saturated rings. The normalized spacial score (nSPS) is 10.3. The molecule has 0 aliphatic rings. The first kappa shape index (κ1) is 14.4. The van der Waals surface area contributed by atoms with E-state index in [-0.39, 0.29) is 5.91 Å². The van der Waals surface area contributed by atoms with E-state index in [9.17, 15) is 4.79 Å². The van der Waals surface area contributed by atoms with E-state index in [0.717, 1.165) is 11.3 Å². The van der Waals surface area contributed by atoms with Gasteiger partial charge in [0, 0.05) is 19.7 Å². The Kier molecular flexibility index (Phi) is 4.62. The number of H-pyrrole nitrogens is 1. The van der Waals surface area contributed by atoms with Crippen LogP contribution in [0.5, 0.6) is 5.75 Å². The number of nitrogens with one attached hydrogen (secondary N) is 1. The van der Waals surface area contributed by atoms with Gasteiger partial charge in [-0.15, -0.1) is 5.10 Å². The van der Waals surface area contributed by atoms with Crippen LogP contribution in [-0.4, -0.2) is 52.9 Å². The van der Waals surface area contributed by atoms with E-state index in [2.05, 4.69) is 15.2 Å². The van der Waals surface area contributed by atoms with Crippen LogP contribution in [-0.2, 0) is 4.79 Å². The van der Waals surface area contributed by atoms with Crippen LogP contribution in [0.25, 0.3) is 11.4 Å². The number of hydrogen-bond acceptors (Lipinski definition) is 5. The Morgan fingerprint density at radius 1 is 1.35 bits per heavy atom. The molecule has 0 aliphatic carbocycles. The molecule has 0 unspecified atom stereocenters. The number of amides is 1. The van der Waals surface area contributed by atoms with Gasteiger partial charge in [-0.25, -0.2) is 4.98 Å². The number of carbonyl (C=O) groups excluding carboxylic acids is 1. The number of nitrogens with zero attached hydrogens (tertiary/aromatic N) is 3. The molecule has 1 heterocycles. The van der Waals surface area contributed by atoms with Crippen molar-refractivity contribution in [1.29, 1.82) is 0 Å². The Labute approximate surface area is 121 Å². The van der Waals surface area contributed by atoms with Crippen molar-refractivity contribution in [1.82, 2.24) is 20.1 Å². The summed E-state index contributed by atoms with van der Waals surface area (Å²) in [4.78, 5) is 17.4. The average molecular weight is 292 g/mol. The van der Waals surface area contributed by atoms with Crippen LogP contribution in [0.3, 0.4) is 0 Å². The topological polar surface area (TPSA) is 71.1 Å². The monoisotopic (exact) mass is 292 g/mol. The molecule has 0 bridgehead atoms. The minimum absolute atomic E-state index is 0.0331. The molecule has 0 atom stereocenters. The number of thioether (sulfide) groups is 1. The largest absolute Gasteiger partial charge is 0.497 e. The van der Waals surface area contributed by atoms with Crippen molar-refractivity contribution >= 4 is 17.7 Å². The summed E-state index contributed by atoms with van der Waals surface area (Å²) in [5.41, 5.74) is 0.920. The minimum atomic E-state index is 0.0331. The van der Waals surface area contributed by atoms with Crippen LogP contribution in [0, 0.1) is 0 Å². The molecular formula is C13H16N4O2S. The van der Waals surface area contributed by atoms with Gasteiger partial charge in [-0.2, -0.15) is 0 Å². The molecule has 1 amide bonds. The predicted octanol–water partition coefficient (Wildman–Crippen LogP) is 1.66. The molecule has 1 aromatic carbocycles. The molecule has 0 saturated carbocycles. The van der Waals surface area contributed by atoms with Gasteiger partial charge < -0.3 is 9.64 Å². The van der Waals surface area contributed by atoms with Crippen LogP contribution in [0.2, 0.25) is 0 Å². The fraction of sp³-hybridized carbons (Fsp3) is 0.308. The zero-order valence-corrected chi connectivity index (χ0v) is 12.4. The van der Waals surface area contributed by atoms with Crippen molar-refractivity contribution in [3.63, 3.8) is 0 Å². The van der Waals surface area contributed by atoms with Gasteiger partial charge in [-0.3, -0.25) is 9.89 Å². The molecule has 0 aliphatic heterocycles. The van der Waals surface area contributed by atoms with Gasteiger partial charge in [0.25, 0.3) is 0 Å². The molecule has 0 spiro atoms. The third-order valence-corrected chi connectivity index (χ3v) is 3.48. The Morgan fingerprint density at radius 2 is 2.05 bits per heavy atom. The minimum Gasteiger partial charge on any atom is -0.497 e. The Morgan fingerprint density at radius 3 is 2.65 bits per heavy atom. The molecule has 1 aromatic heterocycles. The van der Waals surface area contributed by atoms with Gasteiger partial charge in [0.05, 0.1) is 12.9 Å². The van der Waals surface area contributed by atoms with E-state index >= 15 is 0 Å². The Bertz CT molecular complexity index is 580. The summed E-state index contributed by atoms with van der Waals surface area (Å²) in [6.07, 6.45) is 0. The van der Waals surface area contributed by atoms with Gasteiger partial charge >= 0.3 is 0 Å². The second-order valence-electron chi connectivity index (χ2n) is 4.27. The maximum atomic E-state index is 11.5. The Balaban J connectivity index is 2.02. The van der Waals surface area contributed by atoms with Crippen LogP contribution in [0.4, 0.5) is 0 Å². The van der Waals surface area contributed by atoms with E-state index in [1.807, 2.05) is 24.3 Å². The number of aromatic nitrogens is 3. The number of carbonyl (C=O) groups is 1. The molecule has 6 nitrogen and oxygen atoms in total. The summed E-state index contributed by atoms with van der Waals surface area (Å²) >= 11 is 1.31. The highest BCUT2D eigenvalue weighted by atomic mass is 32.2. The van der Waals surface area contributed by atoms with Gasteiger partial charge in [-0.05, 0) is 24.3 Å². The van der Waals surface area contributed by atoms with Gasteiger partial charge in [0.2, 0.25) is 11.1 Å². The fourth-order valence-corrected chi connectivity index (χ4v) is 2.22. The second-order valence-corrected chi connectivity index (χ2v) is 5.21. The van der Waals surface area contributed by atoms with Crippen LogP contribution >= 0.6 is 11.8 Å². The molecule has 1 N–H and O–H groups in total. The lowest BCUT2D eigenvalue weighted by molar-refractivity contribution is -0.125. The highest BCUT2D eigenvalue weighted by Crippen LogP contribution is 2.21. The van der Waals surface area contributed by atoms with Gasteiger partial charge in [-0.1, -0.05) is 11.8 Å². The van der Waals surface area contributed by atoms with E-state index < -0.39 is 0 Å². The molecule has 0 saturated heterocycles. The van der Waals surface area contributed by atoms with E-state index in [4.69, 9.17) is 4.74 Å². The number of ether oxygens (including phenoxy) is 1. The fourth-order valence-electron chi connectivity index (χ4n) is 1.44. The first-order valence-corrected chi connectivity index (χ1v) is 6.98. The summed E-state index contributed by atoms with van der Waals surface area (Å²) < 4.78 is 5.11. The van der Waals surface area contributed by atoms with E-state index in [1.54, 1.807) is 26.1 Å². The molecule has 0 radical (unpaired) electrons. The van der Waals surface area contributed by atoms with Crippen molar-refractivity contribution in [2.75, 3.05) is 27.0 Å². The summed E-state index contributed by atoms with van der Waals surface area (Å²) in [5, 5.41) is 7.52. The first-order valence-electron chi connectivity index (χ1n) is 6.00. The Hall–Kier alpha value is -2.02. The lowest BCUT2D eigenvalue weighted by Crippen LogP contribution is -2.23. The molecular weight excluding hydrogens is 276 g/mol. The van der Waals surface area contributed by atoms with Crippen molar-refractivity contribution in [2.45, 2.75) is 5.16 Å². The maximum absolute atomic E-state index is 11.5. The summed E-state index contributed by atoms with van der Waals surface area (Å²) in [5.74, 6) is 1.82. The lowest BCUT2D eigenvalue weighted by Gasteiger charge is -2.07.